The summed E-state index contributed by atoms with van der Waals surface area (Å²) < 4.78 is 0. The van der Waals surface area contributed by atoms with Crippen molar-refractivity contribution in [3.63, 3.8) is 0 Å². The van der Waals surface area contributed by atoms with Crippen molar-refractivity contribution in [3.05, 3.63) is 18.2 Å². The maximum absolute atomic E-state index is 13.4. The summed E-state index contributed by atoms with van der Waals surface area (Å²) in [6, 6.07) is -9.26. The molecule has 21 heteroatoms. The maximum Gasteiger partial charge on any atom is 0.327 e. The van der Waals surface area contributed by atoms with Crippen LogP contribution in [0.1, 0.15) is 52.8 Å². The van der Waals surface area contributed by atoms with E-state index in [0.29, 0.717) is 0 Å². The molecule has 1 saturated heterocycles. The lowest BCUT2D eigenvalue weighted by Crippen LogP contribution is -2.61. The second-order valence-electron chi connectivity index (χ2n) is 11.9. The Balaban J connectivity index is 2.47. The number of rotatable bonds is 6. The first-order valence-corrected chi connectivity index (χ1v) is 17.7. The van der Waals surface area contributed by atoms with Crippen molar-refractivity contribution in [2.75, 3.05) is 11.5 Å². The number of amides is 7. The van der Waals surface area contributed by atoms with E-state index in [4.69, 9.17) is 11.5 Å². The summed E-state index contributed by atoms with van der Waals surface area (Å²) in [5.41, 5.74) is 11.5. The van der Waals surface area contributed by atoms with Crippen LogP contribution < -0.4 is 43.4 Å². The van der Waals surface area contributed by atoms with E-state index in [1.165, 1.54) is 19.4 Å². The molecule has 1 aromatic heterocycles. The van der Waals surface area contributed by atoms with Gasteiger partial charge in [0.05, 0.1) is 30.7 Å². The van der Waals surface area contributed by atoms with Gasteiger partial charge in [-0.1, -0.05) is 49.3 Å². The zero-order valence-electron chi connectivity index (χ0n) is 27.6. The molecule has 2 heterocycles. The highest BCUT2D eigenvalue weighted by Gasteiger charge is 2.35. The molecule has 1 aliphatic heterocycles. The zero-order chi connectivity index (χ0) is 37.0. The van der Waals surface area contributed by atoms with E-state index in [0.717, 1.165) is 21.6 Å². The Hall–Kier alpha value is -4.37. The van der Waals surface area contributed by atoms with Gasteiger partial charge in [0, 0.05) is 11.5 Å². The van der Waals surface area contributed by atoms with Gasteiger partial charge >= 0.3 is 5.97 Å². The minimum atomic E-state index is -1.59. The van der Waals surface area contributed by atoms with Crippen LogP contribution >= 0.6 is 21.6 Å². The third-order valence-electron chi connectivity index (χ3n) is 7.18. The molecule has 0 unspecified atom stereocenters. The molecule has 0 bridgehead atoms. The van der Waals surface area contributed by atoms with Crippen LogP contribution in [0, 0.1) is 11.8 Å². The molecule has 272 valence electrons. The molecule has 0 radical (unpaired) electrons. The smallest absolute Gasteiger partial charge is 0.327 e. The second-order valence-corrected chi connectivity index (χ2v) is 14.5. The molecule has 49 heavy (non-hydrogen) atoms. The predicted molar refractivity (Wildman–Crippen MR) is 179 cm³/mol. The fourth-order valence-corrected chi connectivity index (χ4v) is 6.62. The molecule has 0 aliphatic carbocycles. The van der Waals surface area contributed by atoms with Crippen LogP contribution in [0.4, 0.5) is 0 Å². The topological polar surface area (TPSA) is 310 Å². The summed E-state index contributed by atoms with van der Waals surface area (Å²) in [5, 5.41) is 24.5. The quantitative estimate of drug-likeness (QED) is 0.131. The van der Waals surface area contributed by atoms with Crippen LogP contribution in [0.25, 0.3) is 0 Å². The fraction of sp³-hybridized carbons (Fsp3) is 0.607. The largest absolute Gasteiger partial charge is 0.480 e. The van der Waals surface area contributed by atoms with Crippen molar-refractivity contribution in [1.29, 1.82) is 0 Å². The summed E-state index contributed by atoms with van der Waals surface area (Å²) in [6.45, 7) is 7.86. The number of carbonyl (C=O) groups is 8. The number of aromatic amines is 1. The highest BCUT2D eigenvalue weighted by Crippen LogP contribution is 2.23. The summed E-state index contributed by atoms with van der Waals surface area (Å²) in [6.07, 6.45) is 1.90. The van der Waals surface area contributed by atoms with Crippen LogP contribution in [-0.2, 0) is 38.4 Å². The Bertz CT molecular complexity index is 1380. The van der Waals surface area contributed by atoms with Crippen molar-refractivity contribution in [1.82, 2.24) is 41.9 Å². The number of imidazole rings is 1. The van der Waals surface area contributed by atoms with E-state index in [1.54, 1.807) is 27.7 Å². The van der Waals surface area contributed by atoms with Gasteiger partial charge in [-0.15, -0.1) is 0 Å². The lowest BCUT2D eigenvalue weighted by molar-refractivity contribution is -0.142. The molecule has 7 atom stereocenters. The van der Waals surface area contributed by atoms with Crippen LogP contribution in [0.3, 0.4) is 0 Å². The van der Waals surface area contributed by atoms with E-state index >= 15 is 0 Å². The van der Waals surface area contributed by atoms with Gasteiger partial charge in [0.15, 0.2) is 0 Å². The van der Waals surface area contributed by atoms with Gasteiger partial charge in [-0.3, -0.25) is 33.6 Å². The van der Waals surface area contributed by atoms with Gasteiger partial charge < -0.3 is 53.5 Å². The first kappa shape index (κ1) is 40.8. The van der Waals surface area contributed by atoms with E-state index in [2.05, 4.69) is 41.9 Å². The summed E-state index contributed by atoms with van der Waals surface area (Å²) in [4.78, 5) is 110. The van der Waals surface area contributed by atoms with Gasteiger partial charge in [0.2, 0.25) is 41.4 Å². The van der Waals surface area contributed by atoms with Crippen LogP contribution in [0.2, 0.25) is 0 Å². The molecule has 0 saturated carbocycles. The van der Waals surface area contributed by atoms with Gasteiger partial charge in [0.1, 0.15) is 36.3 Å². The number of nitrogens with two attached hydrogens (primary N) is 2. The molecule has 1 aliphatic rings. The van der Waals surface area contributed by atoms with Crippen LogP contribution in [-0.4, -0.2) is 110 Å². The number of primary amides is 1. The summed E-state index contributed by atoms with van der Waals surface area (Å²) in [5.74, 6) is -8.64. The third-order valence-corrected chi connectivity index (χ3v) is 9.63. The number of aliphatic carboxylic acids is 1. The lowest BCUT2D eigenvalue weighted by atomic mass is 9.99. The van der Waals surface area contributed by atoms with Gasteiger partial charge in [0.25, 0.3) is 0 Å². The minimum absolute atomic E-state index is 0.0402. The molecule has 0 spiro atoms. The van der Waals surface area contributed by atoms with Gasteiger partial charge in [-0.05, 0) is 18.8 Å². The Morgan fingerprint density at radius 2 is 1.39 bits per heavy atom. The Labute approximate surface area is 290 Å². The normalized spacial score (nSPS) is 27.6. The molecule has 19 nitrogen and oxygen atoms in total. The van der Waals surface area contributed by atoms with Crippen molar-refractivity contribution in [2.24, 2.45) is 23.3 Å². The number of nitrogens with one attached hydrogen (secondary N) is 7. The molecule has 1 fully saturated rings. The number of hydrogen-bond donors (Lipinski definition) is 10. The zero-order valence-corrected chi connectivity index (χ0v) is 29.2. The fourth-order valence-electron chi connectivity index (χ4n) is 4.34. The van der Waals surface area contributed by atoms with E-state index in [1.807, 2.05) is 0 Å². The molecule has 2 rings (SSSR count). The van der Waals surface area contributed by atoms with Crippen molar-refractivity contribution in [3.8, 4) is 0 Å². The molecule has 0 aromatic carbocycles. The first-order valence-electron chi connectivity index (χ1n) is 15.2. The number of carboxylic acids is 1. The van der Waals surface area contributed by atoms with Crippen LogP contribution in [0.15, 0.2) is 12.5 Å². The average Bonchev–Trinajstić information content (AvgIpc) is 3.55. The predicted octanol–water partition coefficient (Wildman–Crippen LogP) is -2.99. The average molecular weight is 729 g/mol. The van der Waals surface area contributed by atoms with Crippen molar-refractivity contribution >= 4 is 68.9 Å². The second kappa shape index (κ2) is 19.0. The Kier molecular flexibility index (Phi) is 15.8. The number of hydrogen-bond acceptors (Lipinski definition) is 12. The summed E-state index contributed by atoms with van der Waals surface area (Å²) >= 11 is 0. The Morgan fingerprint density at radius 3 is 1.92 bits per heavy atom. The van der Waals surface area contributed by atoms with Gasteiger partial charge in [-0.25, -0.2) is 9.78 Å². The number of aromatic nitrogens is 2. The number of carbonyl (C=O) groups excluding carboxylic acids is 7. The minimum Gasteiger partial charge on any atom is -0.480 e. The third kappa shape index (κ3) is 12.5. The maximum atomic E-state index is 13.4. The number of carboxylic acid groups (broad SMARTS) is 1. The van der Waals surface area contributed by atoms with E-state index in [-0.39, 0.29) is 17.2 Å². The summed E-state index contributed by atoms with van der Waals surface area (Å²) in [7, 11) is 1.99. The standard InChI is InChI=1S/C28H44N10O9S2/c1-11(2)19-25(43)34-15(6-18(30)39)24(42)35-17(28(46)47)9-49-48-8-14(29)23(41)38-21(16-7-31-10-32-16)27(45)33-13(5)22(40)36-20(12(3)4)26(44)37-19/h7,10-15,17,19-21H,6,8-9,29H2,1-5H3,(H2,30,39)(H,31,32)(H,33,45)(H,34,43)(H,35,42)(H,36,40)(H,37,44)(H,38,41)(H,46,47)/t13-,14-,15-,17-,19+,20-,21-/m0/s1. The van der Waals surface area contributed by atoms with Crippen molar-refractivity contribution in [2.45, 2.75) is 83.3 Å². The highest BCUT2D eigenvalue weighted by atomic mass is 33.1. The van der Waals surface area contributed by atoms with Gasteiger partial charge in [-0.2, -0.15) is 0 Å². The van der Waals surface area contributed by atoms with Crippen molar-refractivity contribution < 1.29 is 43.5 Å². The highest BCUT2D eigenvalue weighted by molar-refractivity contribution is 8.76. The Morgan fingerprint density at radius 1 is 0.816 bits per heavy atom. The van der Waals surface area contributed by atoms with E-state index in [9.17, 15) is 43.5 Å². The molecule has 1 aromatic rings. The molecular weight excluding hydrogens is 685 g/mol. The van der Waals surface area contributed by atoms with Crippen LogP contribution in [0.5, 0.6) is 0 Å². The monoisotopic (exact) mass is 728 g/mol. The molecule has 12 N–H and O–H groups in total. The number of H-pyrrole nitrogens is 1. The van der Waals surface area contributed by atoms with E-state index < -0.39 is 108 Å². The molecular formula is C28H44N10O9S2. The number of nitrogens with zero attached hydrogens (tertiary/aromatic N) is 1. The molecule has 7 amide bonds. The first-order chi connectivity index (χ1) is 22.9. The lowest BCUT2D eigenvalue weighted by Gasteiger charge is -2.29. The SMILES string of the molecule is CC(C)[C@@H]1NC(=O)[C@H](C)NC(=O)[C@H](c2cnc[nH]2)NC(=O)[C@@H](N)CSSC[C@@H](C(=O)O)NC(=O)[C@H](CC(N)=O)NC(=O)[C@@H](C(C)C)NC1=O.